The number of hydrogen-bond donors (Lipinski definition) is 1. The molecule has 0 radical (unpaired) electrons. The summed E-state index contributed by atoms with van der Waals surface area (Å²) in [5.74, 6) is 0.169. The Balaban J connectivity index is 1.91. The highest BCUT2D eigenvalue weighted by Crippen LogP contribution is 2.12. The first-order chi connectivity index (χ1) is 11.2. The van der Waals surface area contributed by atoms with Crippen molar-refractivity contribution in [2.45, 2.75) is 77.6 Å². The van der Waals surface area contributed by atoms with Crippen molar-refractivity contribution in [3.05, 3.63) is 29.8 Å². The molecule has 1 aromatic rings. The van der Waals surface area contributed by atoms with Crippen LogP contribution >= 0.6 is 0 Å². The number of phenolic OH excluding ortho intramolecular Hbond substituents is 1. The van der Waals surface area contributed by atoms with Crippen molar-refractivity contribution in [3.8, 4) is 5.75 Å². The average molecular weight is 320 g/mol. The monoisotopic (exact) mass is 320 g/mol. The Morgan fingerprint density at radius 1 is 0.913 bits per heavy atom. The Kier molecular flexibility index (Phi) is 11.0. The standard InChI is InChI=1S/C20H32O3/c1-2-3-4-5-6-7-8-9-10-11-20(22)23-17-16-18-12-14-19(21)15-13-18/h12-15,21H,2-11,16-17H2,1H3. The van der Waals surface area contributed by atoms with Gasteiger partial charge in [-0.25, -0.2) is 0 Å². The van der Waals surface area contributed by atoms with E-state index >= 15 is 0 Å². The van der Waals surface area contributed by atoms with E-state index in [1.165, 1.54) is 44.9 Å². The van der Waals surface area contributed by atoms with Crippen LogP contribution in [0.2, 0.25) is 0 Å². The van der Waals surface area contributed by atoms with Crippen LogP contribution in [0.25, 0.3) is 0 Å². The second-order valence-electron chi connectivity index (χ2n) is 6.22. The molecule has 1 N–H and O–H groups in total. The fourth-order valence-electron chi connectivity index (χ4n) is 2.60. The molecule has 0 atom stereocenters. The normalized spacial score (nSPS) is 10.7. The molecule has 0 saturated heterocycles. The third-order valence-corrected chi connectivity index (χ3v) is 4.07. The summed E-state index contributed by atoms with van der Waals surface area (Å²) < 4.78 is 5.25. The van der Waals surface area contributed by atoms with Crippen LogP contribution in [0, 0.1) is 0 Å². The van der Waals surface area contributed by atoms with Gasteiger partial charge in [0.2, 0.25) is 0 Å². The average Bonchev–Trinajstić information content (AvgIpc) is 2.55. The zero-order chi connectivity index (χ0) is 16.8. The number of benzene rings is 1. The molecular formula is C20H32O3. The van der Waals surface area contributed by atoms with Crippen LogP contribution in [-0.2, 0) is 16.0 Å². The van der Waals surface area contributed by atoms with Crippen molar-refractivity contribution < 1.29 is 14.6 Å². The minimum Gasteiger partial charge on any atom is -0.508 e. The number of phenols is 1. The Labute approximate surface area is 141 Å². The Morgan fingerprint density at radius 3 is 2.09 bits per heavy atom. The van der Waals surface area contributed by atoms with Crippen molar-refractivity contribution >= 4 is 5.97 Å². The minimum atomic E-state index is -0.0910. The molecule has 0 heterocycles. The fraction of sp³-hybridized carbons (Fsp3) is 0.650. The molecule has 0 aliphatic heterocycles. The van der Waals surface area contributed by atoms with Gasteiger partial charge in [0.1, 0.15) is 5.75 Å². The molecule has 0 fully saturated rings. The van der Waals surface area contributed by atoms with E-state index < -0.39 is 0 Å². The van der Waals surface area contributed by atoms with E-state index in [1.54, 1.807) is 12.1 Å². The van der Waals surface area contributed by atoms with Crippen molar-refractivity contribution in [2.24, 2.45) is 0 Å². The molecule has 0 bridgehead atoms. The summed E-state index contributed by atoms with van der Waals surface area (Å²) in [6.45, 7) is 2.66. The highest BCUT2D eigenvalue weighted by Gasteiger charge is 2.03. The second kappa shape index (κ2) is 13.0. The third kappa shape index (κ3) is 10.8. The van der Waals surface area contributed by atoms with E-state index in [0.29, 0.717) is 19.4 Å². The van der Waals surface area contributed by atoms with Crippen molar-refractivity contribution in [1.29, 1.82) is 0 Å². The van der Waals surface area contributed by atoms with E-state index in [9.17, 15) is 9.90 Å². The van der Waals surface area contributed by atoms with Crippen LogP contribution in [-0.4, -0.2) is 17.7 Å². The SMILES string of the molecule is CCCCCCCCCCCC(=O)OCCc1ccc(O)cc1. The molecule has 0 saturated carbocycles. The summed E-state index contributed by atoms with van der Waals surface area (Å²) in [5, 5.41) is 9.20. The van der Waals surface area contributed by atoms with Crippen LogP contribution < -0.4 is 0 Å². The van der Waals surface area contributed by atoms with Gasteiger partial charge in [-0.05, 0) is 24.1 Å². The highest BCUT2D eigenvalue weighted by molar-refractivity contribution is 5.69. The Hall–Kier alpha value is -1.51. The molecule has 130 valence electrons. The molecule has 1 aromatic carbocycles. The molecule has 0 amide bonds. The predicted molar refractivity (Wildman–Crippen MR) is 94.6 cm³/mol. The molecule has 0 spiro atoms. The van der Waals surface area contributed by atoms with Crippen molar-refractivity contribution in [3.63, 3.8) is 0 Å². The molecule has 0 aromatic heterocycles. The molecule has 23 heavy (non-hydrogen) atoms. The van der Waals surface area contributed by atoms with E-state index in [2.05, 4.69) is 6.92 Å². The smallest absolute Gasteiger partial charge is 0.305 e. The van der Waals surface area contributed by atoms with Gasteiger partial charge < -0.3 is 9.84 Å². The third-order valence-electron chi connectivity index (χ3n) is 4.07. The minimum absolute atomic E-state index is 0.0910. The number of carbonyl (C=O) groups is 1. The Bertz CT molecular complexity index is 411. The van der Waals surface area contributed by atoms with E-state index in [1.807, 2.05) is 12.1 Å². The van der Waals surface area contributed by atoms with Gasteiger partial charge in [0.25, 0.3) is 0 Å². The van der Waals surface area contributed by atoms with Crippen LogP contribution in [0.15, 0.2) is 24.3 Å². The van der Waals surface area contributed by atoms with Gasteiger partial charge in [-0.1, -0.05) is 70.4 Å². The maximum atomic E-state index is 11.6. The van der Waals surface area contributed by atoms with Crippen LogP contribution in [0.4, 0.5) is 0 Å². The van der Waals surface area contributed by atoms with Gasteiger partial charge in [-0.15, -0.1) is 0 Å². The first-order valence-corrected chi connectivity index (χ1v) is 9.16. The first-order valence-electron chi connectivity index (χ1n) is 9.16. The lowest BCUT2D eigenvalue weighted by Crippen LogP contribution is -2.07. The molecule has 0 unspecified atom stereocenters. The molecular weight excluding hydrogens is 288 g/mol. The van der Waals surface area contributed by atoms with Gasteiger partial charge >= 0.3 is 5.97 Å². The molecule has 0 aliphatic carbocycles. The van der Waals surface area contributed by atoms with Crippen molar-refractivity contribution in [1.82, 2.24) is 0 Å². The van der Waals surface area contributed by atoms with E-state index in [4.69, 9.17) is 4.74 Å². The lowest BCUT2D eigenvalue weighted by atomic mass is 10.1. The summed E-state index contributed by atoms with van der Waals surface area (Å²) in [6.07, 6.45) is 12.5. The van der Waals surface area contributed by atoms with Gasteiger partial charge in [0, 0.05) is 12.8 Å². The van der Waals surface area contributed by atoms with E-state index in [-0.39, 0.29) is 11.7 Å². The quantitative estimate of drug-likeness (QED) is 0.391. The maximum absolute atomic E-state index is 11.6. The lowest BCUT2D eigenvalue weighted by Gasteiger charge is -2.05. The second-order valence-corrected chi connectivity index (χ2v) is 6.22. The predicted octanol–water partition coefficient (Wildman–Crippen LogP) is 5.40. The first kappa shape index (κ1) is 19.5. The van der Waals surface area contributed by atoms with E-state index in [0.717, 1.165) is 18.4 Å². The molecule has 3 heteroatoms. The highest BCUT2D eigenvalue weighted by atomic mass is 16.5. The van der Waals surface area contributed by atoms with Crippen LogP contribution in [0.1, 0.15) is 76.7 Å². The fourth-order valence-corrected chi connectivity index (χ4v) is 2.60. The number of hydrogen-bond acceptors (Lipinski definition) is 3. The zero-order valence-electron chi connectivity index (χ0n) is 14.6. The van der Waals surface area contributed by atoms with Gasteiger partial charge in [0.15, 0.2) is 0 Å². The number of esters is 1. The van der Waals surface area contributed by atoms with Gasteiger partial charge in [0.05, 0.1) is 6.61 Å². The summed E-state index contributed by atoms with van der Waals surface area (Å²) in [5.41, 5.74) is 1.07. The summed E-state index contributed by atoms with van der Waals surface area (Å²) in [6, 6.07) is 7.01. The largest absolute Gasteiger partial charge is 0.508 e. The molecule has 3 nitrogen and oxygen atoms in total. The number of rotatable bonds is 13. The number of aromatic hydroxyl groups is 1. The lowest BCUT2D eigenvalue weighted by molar-refractivity contribution is -0.143. The maximum Gasteiger partial charge on any atom is 0.305 e. The molecule has 1 rings (SSSR count). The summed E-state index contributed by atoms with van der Waals surface area (Å²) >= 11 is 0. The van der Waals surface area contributed by atoms with Crippen LogP contribution in [0.3, 0.4) is 0 Å². The summed E-state index contributed by atoms with van der Waals surface area (Å²) in [4.78, 5) is 11.6. The Morgan fingerprint density at radius 2 is 1.48 bits per heavy atom. The topological polar surface area (TPSA) is 46.5 Å². The number of carbonyl (C=O) groups excluding carboxylic acids is 1. The van der Waals surface area contributed by atoms with Gasteiger partial charge in [-0.3, -0.25) is 4.79 Å². The molecule has 0 aliphatic rings. The van der Waals surface area contributed by atoms with Gasteiger partial charge in [-0.2, -0.15) is 0 Å². The summed E-state index contributed by atoms with van der Waals surface area (Å²) in [7, 11) is 0. The number of ether oxygens (including phenoxy) is 1. The number of unbranched alkanes of at least 4 members (excludes halogenated alkanes) is 8. The van der Waals surface area contributed by atoms with Crippen molar-refractivity contribution in [2.75, 3.05) is 6.61 Å². The zero-order valence-corrected chi connectivity index (χ0v) is 14.6. The van der Waals surface area contributed by atoms with Crippen LogP contribution in [0.5, 0.6) is 5.75 Å².